The zero-order chi connectivity index (χ0) is 29.5. The summed E-state index contributed by atoms with van der Waals surface area (Å²) < 4.78 is 5.40. The zero-order valence-electron chi connectivity index (χ0n) is 22.7. The number of rotatable bonds is 13. The summed E-state index contributed by atoms with van der Waals surface area (Å²) in [6.07, 6.45) is 2.73. The number of imide groups is 1. The summed E-state index contributed by atoms with van der Waals surface area (Å²) in [4.78, 5) is 65.0. The monoisotopic (exact) mass is 645 g/mol. The first-order valence-corrected chi connectivity index (χ1v) is 17.4. The smallest absolute Gasteiger partial charge is 0.306 e. The van der Waals surface area contributed by atoms with Crippen LogP contribution in [0.3, 0.4) is 0 Å². The lowest BCUT2D eigenvalue weighted by molar-refractivity contribution is -0.145. The van der Waals surface area contributed by atoms with Crippen molar-refractivity contribution in [2.24, 2.45) is 11.8 Å². The fourth-order valence-electron chi connectivity index (χ4n) is 5.07. The Balaban J connectivity index is 0.953. The average Bonchev–Trinajstić information content (AvgIpc) is 3.80. The van der Waals surface area contributed by atoms with E-state index in [1.165, 1.54) is 19.5 Å². The third-order valence-corrected chi connectivity index (χ3v) is 12.0. The van der Waals surface area contributed by atoms with Gasteiger partial charge >= 0.3 is 5.97 Å². The largest absolute Gasteiger partial charge is 0.465 e. The molecule has 42 heavy (non-hydrogen) atoms. The van der Waals surface area contributed by atoms with Crippen LogP contribution in [0.1, 0.15) is 44.1 Å². The van der Waals surface area contributed by atoms with Gasteiger partial charge in [0.15, 0.2) is 0 Å². The molecule has 222 valence electrons. The van der Waals surface area contributed by atoms with E-state index < -0.39 is 11.9 Å². The van der Waals surface area contributed by atoms with Gasteiger partial charge in [0.2, 0.25) is 23.6 Å². The number of amides is 4. The number of fused-ring (bicyclic) bond motifs is 1. The minimum absolute atomic E-state index is 0.0825. The molecule has 5 rings (SSSR count). The molecule has 3 aromatic heterocycles. The molecule has 3 aromatic rings. The van der Waals surface area contributed by atoms with Crippen LogP contribution in [-0.2, 0) is 35.1 Å². The first kappa shape index (κ1) is 30.5. The number of esters is 1. The fourth-order valence-corrected chi connectivity index (χ4v) is 9.66. The molecule has 0 bridgehead atoms. The molecule has 0 spiro atoms. The second-order valence-corrected chi connectivity index (χ2v) is 14.3. The highest BCUT2D eigenvalue weighted by Crippen LogP contribution is 2.43. The topological polar surface area (TPSA) is 131 Å². The van der Waals surface area contributed by atoms with Crippen molar-refractivity contribution in [1.29, 1.82) is 0 Å². The summed E-state index contributed by atoms with van der Waals surface area (Å²) in [6, 6.07) is 10.4. The number of hydrogen-bond donors (Lipinski definition) is 3. The van der Waals surface area contributed by atoms with Crippen molar-refractivity contribution < 1.29 is 28.7 Å². The Kier molecular flexibility index (Phi) is 10.5. The van der Waals surface area contributed by atoms with Gasteiger partial charge in [-0.15, -0.1) is 34.0 Å². The predicted molar refractivity (Wildman–Crippen MR) is 166 cm³/mol. The number of unbranched alkanes of at least 4 members (excludes halogenated alkanes) is 1. The zero-order valence-corrected chi connectivity index (χ0v) is 26.0. The molecule has 3 atom stereocenters. The molecule has 0 radical (unpaired) electrons. The Morgan fingerprint density at radius 2 is 1.64 bits per heavy atom. The second kappa shape index (κ2) is 14.5. The Morgan fingerprint density at radius 1 is 0.905 bits per heavy atom. The van der Waals surface area contributed by atoms with Crippen molar-refractivity contribution in [1.82, 2.24) is 16.2 Å². The molecule has 2 fully saturated rings. The van der Waals surface area contributed by atoms with E-state index in [1.807, 2.05) is 17.5 Å². The molecule has 2 aliphatic heterocycles. The quantitative estimate of drug-likeness (QED) is 0.106. The van der Waals surface area contributed by atoms with Crippen molar-refractivity contribution in [2.45, 2.75) is 50.2 Å². The van der Waals surface area contributed by atoms with E-state index in [1.54, 1.807) is 45.8 Å². The molecule has 9 nitrogen and oxygen atoms in total. The molecule has 5 heterocycles. The van der Waals surface area contributed by atoms with E-state index in [9.17, 15) is 24.0 Å². The lowest BCUT2D eigenvalue weighted by Crippen LogP contribution is -2.41. The van der Waals surface area contributed by atoms with Crippen molar-refractivity contribution in [3.63, 3.8) is 0 Å². The summed E-state index contributed by atoms with van der Waals surface area (Å²) in [5.74, 6) is -1.43. The summed E-state index contributed by atoms with van der Waals surface area (Å²) in [6.45, 7) is 0.220. The third kappa shape index (κ3) is 7.68. The van der Waals surface area contributed by atoms with Crippen molar-refractivity contribution in [3.05, 3.63) is 46.7 Å². The van der Waals surface area contributed by atoms with Gasteiger partial charge in [0.25, 0.3) is 0 Å². The summed E-state index contributed by atoms with van der Waals surface area (Å²) >= 11 is 6.76. The number of ether oxygens (including phenoxy) is 1. The molecule has 2 aliphatic rings. The van der Waals surface area contributed by atoms with Gasteiger partial charge in [-0.25, -0.2) is 0 Å². The van der Waals surface area contributed by atoms with Crippen LogP contribution in [-0.4, -0.2) is 47.2 Å². The molecule has 13 heteroatoms. The minimum Gasteiger partial charge on any atom is -0.465 e. The van der Waals surface area contributed by atoms with Crippen LogP contribution in [0.4, 0.5) is 0 Å². The third-order valence-electron chi connectivity index (χ3n) is 7.20. The number of carbonyl (C=O) groups is 5. The van der Waals surface area contributed by atoms with Gasteiger partial charge in [-0.2, -0.15) is 11.8 Å². The molecule has 0 saturated carbocycles. The first-order chi connectivity index (χ1) is 20.4. The molecule has 2 saturated heterocycles. The minimum atomic E-state index is -0.469. The Labute approximate surface area is 259 Å². The highest BCUT2D eigenvalue weighted by atomic mass is 32.2. The number of hydrogen-bond acceptors (Lipinski definition) is 10. The van der Waals surface area contributed by atoms with Gasteiger partial charge < -0.3 is 4.74 Å². The Bertz CT molecular complexity index is 1420. The normalized spacial score (nSPS) is 19.4. The van der Waals surface area contributed by atoms with E-state index >= 15 is 0 Å². The van der Waals surface area contributed by atoms with E-state index in [4.69, 9.17) is 4.74 Å². The maximum atomic E-state index is 12.2. The van der Waals surface area contributed by atoms with Gasteiger partial charge in [-0.05, 0) is 47.4 Å². The van der Waals surface area contributed by atoms with Crippen LogP contribution in [0.2, 0.25) is 0 Å². The van der Waals surface area contributed by atoms with Crippen LogP contribution in [0.5, 0.6) is 0 Å². The molecular weight excluding hydrogens is 615 g/mol. The molecular formula is C29H31N3O6S4. The molecule has 3 N–H and O–H groups in total. The average molecular weight is 646 g/mol. The van der Waals surface area contributed by atoms with E-state index in [0.717, 1.165) is 18.4 Å². The van der Waals surface area contributed by atoms with Crippen molar-refractivity contribution in [2.75, 3.05) is 12.4 Å². The highest BCUT2D eigenvalue weighted by molar-refractivity contribution is 8.00. The van der Waals surface area contributed by atoms with Crippen LogP contribution >= 0.6 is 45.8 Å². The van der Waals surface area contributed by atoms with Gasteiger partial charge in [0, 0.05) is 49.8 Å². The van der Waals surface area contributed by atoms with Crippen LogP contribution < -0.4 is 16.2 Å². The number of carbonyl (C=O) groups excluding carboxylic acids is 5. The van der Waals surface area contributed by atoms with Crippen molar-refractivity contribution >= 4 is 75.4 Å². The number of thiophene rings is 3. The summed E-state index contributed by atoms with van der Waals surface area (Å²) in [5, 5.41) is 6.61. The van der Waals surface area contributed by atoms with Crippen LogP contribution in [0.15, 0.2) is 41.1 Å². The fraction of sp³-hybridized carbons (Fsp3) is 0.414. The first-order valence-electron chi connectivity index (χ1n) is 13.8. The lowest BCUT2D eigenvalue weighted by Gasteiger charge is -2.14. The Morgan fingerprint density at radius 3 is 2.38 bits per heavy atom. The summed E-state index contributed by atoms with van der Waals surface area (Å²) in [7, 11) is 0. The van der Waals surface area contributed by atoms with Crippen LogP contribution in [0.25, 0.3) is 19.5 Å². The SMILES string of the molecule is O=C(CCCCC1SCC2C(=O)NC(=O)C12)NNC(=O)CCC(=O)OCCc1cc(-c2cccs2)sc1-c1cccs1. The van der Waals surface area contributed by atoms with Crippen molar-refractivity contribution in [3.8, 4) is 19.5 Å². The highest BCUT2D eigenvalue weighted by Gasteiger charge is 2.50. The molecule has 0 aromatic carbocycles. The summed E-state index contributed by atoms with van der Waals surface area (Å²) in [5.41, 5.74) is 5.85. The van der Waals surface area contributed by atoms with Gasteiger partial charge in [0.05, 0.1) is 24.9 Å². The van der Waals surface area contributed by atoms with E-state index in [2.05, 4.69) is 39.7 Å². The molecule has 0 aliphatic carbocycles. The predicted octanol–water partition coefficient (Wildman–Crippen LogP) is 4.78. The van der Waals surface area contributed by atoms with E-state index in [0.29, 0.717) is 18.6 Å². The lowest BCUT2D eigenvalue weighted by atomic mass is 9.91. The molecule has 4 amide bonds. The van der Waals surface area contributed by atoms with Crippen LogP contribution in [0, 0.1) is 11.8 Å². The number of thioether (sulfide) groups is 1. The van der Waals surface area contributed by atoms with Gasteiger partial charge in [0.1, 0.15) is 0 Å². The molecule has 3 unspecified atom stereocenters. The van der Waals surface area contributed by atoms with Gasteiger partial charge in [-0.1, -0.05) is 18.6 Å². The van der Waals surface area contributed by atoms with Gasteiger partial charge in [-0.3, -0.25) is 40.1 Å². The van der Waals surface area contributed by atoms with E-state index in [-0.39, 0.29) is 60.7 Å². The maximum absolute atomic E-state index is 12.2. The number of nitrogens with one attached hydrogen (secondary N) is 3. The Hall–Kier alpha value is -3.00. The second-order valence-electron chi connectivity index (χ2n) is 10.1. The standard InChI is InChI=1S/C29H31N3O6S4/c33-23(8-2-1-5-20-26-18(16-41-20)28(36)30-29(26)37)31-32-24(34)9-10-25(35)38-12-11-17-15-22(19-6-3-13-39-19)42-27(17)21-7-4-14-40-21/h3-4,6-7,13-15,18,20,26H,1-2,5,8-12,16H2,(H,31,33)(H,32,34)(H,30,36,37). The number of hydrazine groups is 1. The maximum Gasteiger partial charge on any atom is 0.306 e.